The van der Waals surface area contributed by atoms with Gasteiger partial charge >= 0.3 is 0 Å². The van der Waals surface area contributed by atoms with E-state index in [4.69, 9.17) is 0 Å². The van der Waals surface area contributed by atoms with E-state index < -0.39 is 34.3 Å². The third-order valence-electron chi connectivity index (χ3n) is 4.66. The number of carbonyl (C=O) groups excluding carboxylic acids is 3. The molecule has 154 valence electrons. The van der Waals surface area contributed by atoms with Crippen LogP contribution in [0.5, 0.6) is 0 Å². The summed E-state index contributed by atoms with van der Waals surface area (Å²) < 4.78 is 25.9. The zero-order valence-electron chi connectivity index (χ0n) is 16.3. The predicted molar refractivity (Wildman–Crippen MR) is 102 cm³/mol. The Bertz CT molecular complexity index is 838. The zero-order valence-corrected chi connectivity index (χ0v) is 17.1. The number of hydrogen-bond acceptors (Lipinski definition) is 5. The Hall–Kier alpha value is -2.46. The highest BCUT2D eigenvalue weighted by Crippen LogP contribution is 2.17. The smallest absolute Gasteiger partial charge is 0.253 e. The average molecular weight is 410 g/mol. The molecule has 2 rings (SSSR count). The molecule has 0 aliphatic carbocycles. The summed E-state index contributed by atoms with van der Waals surface area (Å²) in [6.07, 6.45) is 1.33. The first-order valence-electron chi connectivity index (χ1n) is 8.98. The summed E-state index contributed by atoms with van der Waals surface area (Å²) in [4.78, 5) is 37.4. The number of piperidine rings is 1. The number of carbonyl (C=O) groups is 3. The van der Waals surface area contributed by atoms with E-state index >= 15 is 0 Å². The van der Waals surface area contributed by atoms with E-state index in [1.54, 1.807) is 17.0 Å². The number of nitrogens with one attached hydrogen (secondary N) is 2. The van der Waals surface area contributed by atoms with Crippen molar-refractivity contribution in [2.24, 2.45) is 5.92 Å². The van der Waals surface area contributed by atoms with E-state index in [0.717, 1.165) is 9.87 Å². The molecular weight excluding hydrogens is 384 g/mol. The molecule has 9 nitrogen and oxygen atoms in total. The minimum atomic E-state index is -3.81. The lowest BCUT2D eigenvalue weighted by Crippen LogP contribution is -2.51. The fraction of sp³-hybridized carbons (Fsp3) is 0.500. The number of nitrogens with zero attached hydrogens (tertiary/aromatic N) is 2. The van der Waals surface area contributed by atoms with E-state index in [2.05, 4.69) is 10.9 Å². The van der Waals surface area contributed by atoms with Crippen LogP contribution in [0.25, 0.3) is 0 Å². The normalized spacial score (nSPS) is 17.3. The number of hydrazine groups is 1. The van der Waals surface area contributed by atoms with E-state index in [1.807, 2.05) is 6.92 Å². The first-order valence-corrected chi connectivity index (χ1v) is 10.4. The number of likely N-dealkylation sites (N-methyl/N-ethyl adjacent to an activating group) is 1. The molecule has 1 saturated heterocycles. The zero-order chi connectivity index (χ0) is 20.9. The molecule has 28 heavy (non-hydrogen) atoms. The van der Waals surface area contributed by atoms with Gasteiger partial charge < -0.3 is 4.90 Å². The topological polar surface area (TPSA) is 116 Å². The van der Waals surface area contributed by atoms with Crippen LogP contribution >= 0.6 is 0 Å². The van der Waals surface area contributed by atoms with Crippen molar-refractivity contribution in [1.29, 1.82) is 0 Å². The third kappa shape index (κ3) is 5.52. The summed E-state index contributed by atoms with van der Waals surface area (Å²) in [5.41, 5.74) is 5.48. The highest BCUT2D eigenvalue weighted by atomic mass is 32.2. The molecule has 0 radical (unpaired) electrons. The van der Waals surface area contributed by atoms with Crippen molar-refractivity contribution < 1.29 is 22.8 Å². The molecule has 1 atom stereocenters. The largest absolute Gasteiger partial charge is 0.342 e. The number of sulfonamides is 1. The Morgan fingerprint density at radius 1 is 1.18 bits per heavy atom. The van der Waals surface area contributed by atoms with Crippen LogP contribution in [0.3, 0.4) is 0 Å². The minimum Gasteiger partial charge on any atom is -0.342 e. The molecule has 10 heteroatoms. The van der Waals surface area contributed by atoms with E-state index in [-0.39, 0.29) is 10.8 Å². The molecule has 1 fully saturated rings. The number of rotatable bonds is 5. The number of likely N-dealkylation sites (tertiary alicyclic amines) is 1. The monoisotopic (exact) mass is 410 g/mol. The highest BCUT2D eigenvalue weighted by Gasteiger charge is 2.28. The van der Waals surface area contributed by atoms with Crippen molar-refractivity contribution >= 4 is 27.7 Å². The van der Waals surface area contributed by atoms with Gasteiger partial charge in [0.1, 0.15) is 0 Å². The summed E-state index contributed by atoms with van der Waals surface area (Å²) in [6.45, 7) is 3.77. The molecule has 2 N–H and O–H groups in total. The van der Waals surface area contributed by atoms with Crippen molar-refractivity contribution in [1.82, 2.24) is 20.1 Å². The Balaban J connectivity index is 1.87. The van der Waals surface area contributed by atoms with Gasteiger partial charge in [-0.05, 0) is 31.9 Å². The lowest BCUT2D eigenvalue weighted by molar-refractivity contribution is -0.136. The molecule has 3 amide bonds. The van der Waals surface area contributed by atoms with Crippen molar-refractivity contribution in [2.75, 3.05) is 26.7 Å². The van der Waals surface area contributed by atoms with Gasteiger partial charge in [0.2, 0.25) is 21.8 Å². The molecule has 1 aliphatic heterocycles. The maximum atomic E-state index is 12.5. The number of amides is 3. The average Bonchev–Trinajstić information content (AvgIpc) is 2.66. The maximum absolute atomic E-state index is 12.5. The van der Waals surface area contributed by atoms with Crippen LogP contribution in [0.15, 0.2) is 29.2 Å². The molecule has 1 aromatic carbocycles. The van der Waals surface area contributed by atoms with Gasteiger partial charge in [0.25, 0.3) is 5.91 Å². The van der Waals surface area contributed by atoms with Gasteiger partial charge in [0, 0.05) is 27.1 Å². The second-order valence-electron chi connectivity index (χ2n) is 6.92. The van der Waals surface area contributed by atoms with Crippen LogP contribution in [0.2, 0.25) is 0 Å². The van der Waals surface area contributed by atoms with E-state index in [0.29, 0.717) is 25.9 Å². The molecule has 0 aromatic heterocycles. The Labute approximate surface area is 165 Å². The molecule has 0 spiro atoms. The van der Waals surface area contributed by atoms with Gasteiger partial charge in [0.05, 0.1) is 17.4 Å². The van der Waals surface area contributed by atoms with Crippen LogP contribution in [0.1, 0.15) is 25.3 Å². The second kappa shape index (κ2) is 9.16. The molecule has 1 aliphatic rings. The summed E-state index contributed by atoms with van der Waals surface area (Å²) in [5.74, 6) is -1.56. The Morgan fingerprint density at radius 2 is 1.82 bits per heavy atom. The summed E-state index contributed by atoms with van der Waals surface area (Å²) >= 11 is 0. The van der Waals surface area contributed by atoms with Crippen LogP contribution in [0, 0.1) is 12.8 Å². The van der Waals surface area contributed by atoms with Gasteiger partial charge in [-0.3, -0.25) is 25.2 Å². The van der Waals surface area contributed by atoms with Gasteiger partial charge in [-0.1, -0.05) is 17.7 Å². The van der Waals surface area contributed by atoms with Crippen LogP contribution in [-0.4, -0.2) is 62.0 Å². The summed E-state index contributed by atoms with van der Waals surface area (Å²) in [5, 5.41) is 0. The lowest BCUT2D eigenvalue weighted by atomic mass is 9.97. The quantitative estimate of drug-likeness (QED) is 0.664. The Kier molecular flexibility index (Phi) is 7.14. The fourth-order valence-electron chi connectivity index (χ4n) is 2.93. The van der Waals surface area contributed by atoms with Gasteiger partial charge in [-0.15, -0.1) is 0 Å². The maximum Gasteiger partial charge on any atom is 0.253 e. The molecule has 1 aromatic rings. The molecular formula is C18H26N4O5S. The van der Waals surface area contributed by atoms with Crippen molar-refractivity contribution in [3.63, 3.8) is 0 Å². The van der Waals surface area contributed by atoms with Crippen molar-refractivity contribution in [3.8, 4) is 0 Å². The predicted octanol–water partition coefficient (Wildman–Crippen LogP) is 0.0214. The first-order chi connectivity index (χ1) is 13.1. The van der Waals surface area contributed by atoms with E-state index in [1.165, 1.54) is 26.1 Å². The number of hydrogen-bond donors (Lipinski definition) is 2. The summed E-state index contributed by atoms with van der Waals surface area (Å²) in [7, 11) is -2.52. The first kappa shape index (κ1) is 21.8. The minimum absolute atomic E-state index is 0.0870. The van der Waals surface area contributed by atoms with E-state index in [9.17, 15) is 22.8 Å². The summed E-state index contributed by atoms with van der Waals surface area (Å²) in [6, 6.07) is 6.31. The van der Waals surface area contributed by atoms with Crippen molar-refractivity contribution in [3.05, 3.63) is 29.8 Å². The fourth-order valence-corrected chi connectivity index (χ4v) is 4.05. The third-order valence-corrected chi connectivity index (χ3v) is 6.48. The molecule has 0 unspecified atom stereocenters. The highest BCUT2D eigenvalue weighted by molar-refractivity contribution is 7.89. The van der Waals surface area contributed by atoms with Crippen LogP contribution in [0.4, 0.5) is 0 Å². The van der Waals surface area contributed by atoms with Crippen LogP contribution in [-0.2, 0) is 24.4 Å². The SMILES string of the molecule is CC(=O)N1CCC[C@H](C(=O)NNC(=O)CN(C)S(=O)(=O)c2ccc(C)cc2)C1. The number of aryl methyl sites for hydroxylation is 1. The number of benzene rings is 1. The van der Waals surface area contributed by atoms with Gasteiger partial charge in [0.15, 0.2) is 0 Å². The lowest BCUT2D eigenvalue weighted by Gasteiger charge is -2.31. The standard InChI is InChI=1S/C18H26N4O5S/c1-13-6-8-16(9-7-13)28(26,27)21(3)12-17(24)19-20-18(25)15-5-4-10-22(11-15)14(2)23/h6-9,15H,4-5,10-12H2,1-3H3,(H,19,24)(H,20,25)/t15-/m0/s1. The molecule has 0 saturated carbocycles. The Morgan fingerprint density at radius 3 is 2.43 bits per heavy atom. The molecule has 0 bridgehead atoms. The van der Waals surface area contributed by atoms with Gasteiger partial charge in [-0.25, -0.2) is 8.42 Å². The van der Waals surface area contributed by atoms with Crippen molar-refractivity contribution in [2.45, 2.75) is 31.6 Å². The van der Waals surface area contributed by atoms with Gasteiger partial charge in [-0.2, -0.15) is 4.31 Å². The molecule has 1 heterocycles. The van der Waals surface area contributed by atoms with Crippen LogP contribution < -0.4 is 10.9 Å². The second-order valence-corrected chi connectivity index (χ2v) is 8.96.